The van der Waals surface area contributed by atoms with Crippen molar-refractivity contribution in [3.63, 3.8) is 0 Å². The van der Waals surface area contributed by atoms with E-state index in [1.165, 1.54) is 0 Å². The molecule has 1 saturated heterocycles. The molecule has 0 aromatic rings. The molecule has 0 bridgehead atoms. The van der Waals surface area contributed by atoms with Crippen LogP contribution in [-0.2, 0) is 9.47 Å². The molecule has 0 aromatic heterocycles. The van der Waals surface area contributed by atoms with Crippen LogP contribution in [0.2, 0.25) is 0 Å². The number of aliphatic hydroxyl groups is 1. The SMILES string of the molecule is CN=C(NCC1(O)CCC1)N1CCOC(COC)C1.I. The normalized spacial score (nSPS) is 25.6. The van der Waals surface area contributed by atoms with E-state index in [2.05, 4.69) is 15.2 Å². The Morgan fingerprint density at radius 3 is 2.85 bits per heavy atom. The zero-order valence-corrected chi connectivity index (χ0v) is 14.6. The zero-order valence-electron chi connectivity index (χ0n) is 12.3. The maximum Gasteiger partial charge on any atom is 0.193 e. The average Bonchev–Trinajstić information content (AvgIpc) is 2.38. The maximum atomic E-state index is 10.1. The first-order valence-corrected chi connectivity index (χ1v) is 6.95. The van der Waals surface area contributed by atoms with Crippen molar-refractivity contribution in [2.75, 3.05) is 47.0 Å². The van der Waals surface area contributed by atoms with Gasteiger partial charge < -0.3 is 24.8 Å². The third-order valence-electron chi connectivity index (χ3n) is 3.86. The van der Waals surface area contributed by atoms with E-state index in [-0.39, 0.29) is 30.1 Å². The van der Waals surface area contributed by atoms with Gasteiger partial charge in [-0.2, -0.15) is 0 Å². The van der Waals surface area contributed by atoms with Crippen molar-refractivity contribution in [2.24, 2.45) is 4.99 Å². The molecular formula is C13H26IN3O3. The lowest BCUT2D eigenvalue weighted by Crippen LogP contribution is -2.55. The summed E-state index contributed by atoms with van der Waals surface area (Å²) >= 11 is 0. The summed E-state index contributed by atoms with van der Waals surface area (Å²) in [6.07, 6.45) is 2.97. The summed E-state index contributed by atoms with van der Waals surface area (Å²) in [6, 6.07) is 0. The predicted octanol–water partition coefficient (Wildman–Crippen LogP) is 0.442. The Labute approximate surface area is 137 Å². The molecule has 2 N–H and O–H groups in total. The number of nitrogens with one attached hydrogen (secondary N) is 1. The molecule has 2 rings (SSSR count). The van der Waals surface area contributed by atoms with E-state index in [4.69, 9.17) is 9.47 Å². The van der Waals surface area contributed by atoms with Gasteiger partial charge in [0.15, 0.2) is 5.96 Å². The first kappa shape index (κ1) is 17.9. The van der Waals surface area contributed by atoms with Crippen molar-refractivity contribution in [1.29, 1.82) is 0 Å². The summed E-state index contributed by atoms with van der Waals surface area (Å²) in [7, 11) is 3.45. The standard InChI is InChI=1S/C13H25N3O3.HI/c1-14-12(15-10-13(17)4-3-5-13)16-6-7-19-11(8-16)9-18-2;/h11,17H,3-10H2,1-2H3,(H,14,15);1H. The Morgan fingerprint density at radius 2 is 2.30 bits per heavy atom. The van der Waals surface area contributed by atoms with Crippen molar-refractivity contribution >= 4 is 29.9 Å². The molecule has 1 heterocycles. The van der Waals surface area contributed by atoms with Crippen LogP contribution >= 0.6 is 24.0 Å². The van der Waals surface area contributed by atoms with Gasteiger partial charge >= 0.3 is 0 Å². The van der Waals surface area contributed by atoms with Crippen LogP contribution in [0.25, 0.3) is 0 Å². The molecule has 1 unspecified atom stereocenters. The number of nitrogens with zero attached hydrogens (tertiary/aromatic N) is 2. The van der Waals surface area contributed by atoms with E-state index < -0.39 is 5.60 Å². The largest absolute Gasteiger partial charge is 0.388 e. The van der Waals surface area contributed by atoms with Gasteiger partial charge in [-0.15, -0.1) is 24.0 Å². The molecule has 1 atom stereocenters. The summed E-state index contributed by atoms with van der Waals surface area (Å²) in [4.78, 5) is 6.45. The molecule has 1 aliphatic carbocycles. The minimum atomic E-state index is -0.534. The number of aliphatic imine (C=N–C) groups is 1. The molecule has 6 nitrogen and oxygen atoms in total. The van der Waals surface area contributed by atoms with Crippen LogP contribution in [-0.4, -0.2) is 74.7 Å². The van der Waals surface area contributed by atoms with E-state index in [0.29, 0.717) is 19.8 Å². The van der Waals surface area contributed by atoms with E-state index >= 15 is 0 Å². The van der Waals surface area contributed by atoms with Crippen LogP contribution in [0.15, 0.2) is 4.99 Å². The summed E-state index contributed by atoms with van der Waals surface area (Å²) in [6.45, 7) is 3.44. The molecule has 1 aliphatic heterocycles. The number of hydrogen-bond acceptors (Lipinski definition) is 4. The van der Waals surface area contributed by atoms with Crippen LogP contribution in [0, 0.1) is 0 Å². The molecule has 7 heteroatoms. The zero-order chi connectivity index (χ0) is 13.7. The van der Waals surface area contributed by atoms with Gasteiger partial charge in [-0.05, 0) is 19.3 Å². The van der Waals surface area contributed by atoms with Gasteiger partial charge in [0.05, 0.1) is 24.9 Å². The summed E-state index contributed by atoms with van der Waals surface area (Å²) < 4.78 is 10.8. The lowest BCUT2D eigenvalue weighted by Gasteiger charge is -2.39. The molecule has 2 aliphatic rings. The highest BCUT2D eigenvalue weighted by Crippen LogP contribution is 2.30. The van der Waals surface area contributed by atoms with Crippen molar-refractivity contribution < 1.29 is 14.6 Å². The molecule has 118 valence electrons. The lowest BCUT2D eigenvalue weighted by atomic mass is 9.80. The van der Waals surface area contributed by atoms with Gasteiger partial charge in [0.1, 0.15) is 0 Å². The molecule has 0 aromatic carbocycles. The Morgan fingerprint density at radius 1 is 1.55 bits per heavy atom. The van der Waals surface area contributed by atoms with Crippen molar-refractivity contribution in [3.05, 3.63) is 0 Å². The van der Waals surface area contributed by atoms with E-state index in [1.54, 1.807) is 14.2 Å². The Kier molecular flexibility index (Phi) is 7.49. The Hall–Kier alpha value is -0.120. The van der Waals surface area contributed by atoms with Crippen LogP contribution in [0.3, 0.4) is 0 Å². The monoisotopic (exact) mass is 399 g/mol. The quantitative estimate of drug-likeness (QED) is 0.408. The third kappa shape index (κ3) is 4.71. The number of ether oxygens (including phenoxy) is 2. The van der Waals surface area contributed by atoms with Crippen LogP contribution in [0.4, 0.5) is 0 Å². The number of methoxy groups -OCH3 is 1. The lowest BCUT2D eigenvalue weighted by molar-refractivity contribution is -0.0467. The van der Waals surface area contributed by atoms with Gasteiger partial charge in [-0.25, -0.2) is 0 Å². The smallest absolute Gasteiger partial charge is 0.193 e. The molecule has 0 radical (unpaired) electrons. The first-order valence-electron chi connectivity index (χ1n) is 6.95. The second kappa shape index (κ2) is 8.35. The molecule has 0 amide bonds. The van der Waals surface area contributed by atoms with Crippen LogP contribution in [0.1, 0.15) is 19.3 Å². The van der Waals surface area contributed by atoms with Gasteiger partial charge in [-0.1, -0.05) is 0 Å². The van der Waals surface area contributed by atoms with Gasteiger partial charge in [-0.3, -0.25) is 4.99 Å². The van der Waals surface area contributed by atoms with Crippen LogP contribution < -0.4 is 5.32 Å². The minimum Gasteiger partial charge on any atom is -0.388 e. The maximum absolute atomic E-state index is 10.1. The molecular weight excluding hydrogens is 373 g/mol. The summed E-state index contributed by atoms with van der Waals surface area (Å²) in [5, 5.41) is 13.4. The Balaban J connectivity index is 0.00000200. The summed E-state index contributed by atoms with van der Waals surface area (Å²) in [5.41, 5.74) is -0.534. The highest BCUT2D eigenvalue weighted by Gasteiger charge is 2.35. The highest BCUT2D eigenvalue weighted by atomic mass is 127. The second-order valence-electron chi connectivity index (χ2n) is 5.37. The number of halogens is 1. The first-order chi connectivity index (χ1) is 9.17. The topological polar surface area (TPSA) is 66.3 Å². The number of rotatable bonds is 4. The minimum absolute atomic E-state index is 0. The van der Waals surface area contributed by atoms with E-state index in [0.717, 1.165) is 38.3 Å². The molecule has 2 fully saturated rings. The number of guanidine groups is 1. The fraction of sp³-hybridized carbons (Fsp3) is 0.923. The second-order valence-corrected chi connectivity index (χ2v) is 5.37. The third-order valence-corrected chi connectivity index (χ3v) is 3.86. The molecule has 0 spiro atoms. The van der Waals surface area contributed by atoms with E-state index in [1.807, 2.05) is 0 Å². The molecule has 1 saturated carbocycles. The van der Waals surface area contributed by atoms with Gasteiger partial charge in [0, 0.05) is 33.8 Å². The molecule has 20 heavy (non-hydrogen) atoms. The van der Waals surface area contributed by atoms with Gasteiger partial charge in [0.2, 0.25) is 0 Å². The van der Waals surface area contributed by atoms with Crippen LogP contribution in [0.5, 0.6) is 0 Å². The Bertz CT molecular complexity index is 322. The fourth-order valence-electron chi connectivity index (χ4n) is 2.54. The fourth-order valence-corrected chi connectivity index (χ4v) is 2.54. The van der Waals surface area contributed by atoms with Crippen molar-refractivity contribution in [3.8, 4) is 0 Å². The van der Waals surface area contributed by atoms with E-state index in [9.17, 15) is 5.11 Å². The summed E-state index contributed by atoms with van der Waals surface area (Å²) in [5.74, 6) is 0.838. The predicted molar refractivity (Wildman–Crippen MR) is 88.8 cm³/mol. The van der Waals surface area contributed by atoms with Gasteiger partial charge in [0.25, 0.3) is 0 Å². The number of morpholine rings is 1. The number of hydrogen-bond donors (Lipinski definition) is 2. The highest BCUT2D eigenvalue weighted by molar-refractivity contribution is 14.0. The average molecular weight is 399 g/mol. The van der Waals surface area contributed by atoms with Crippen molar-refractivity contribution in [1.82, 2.24) is 10.2 Å². The van der Waals surface area contributed by atoms with Crippen molar-refractivity contribution in [2.45, 2.75) is 31.0 Å².